The van der Waals surface area contributed by atoms with Gasteiger partial charge in [0.1, 0.15) is 13.2 Å². The van der Waals surface area contributed by atoms with Crippen LogP contribution in [0.4, 0.5) is 0 Å². The molecule has 1 atom stereocenters. The van der Waals surface area contributed by atoms with Crippen LogP contribution >= 0.6 is 0 Å². The van der Waals surface area contributed by atoms with E-state index < -0.39 is 6.10 Å². The fourth-order valence-electron chi connectivity index (χ4n) is 8.46. The molecule has 0 aromatic carbocycles. The fourth-order valence-corrected chi connectivity index (χ4v) is 8.46. The molecule has 0 aliphatic heterocycles. The molecule has 0 saturated heterocycles. The van der Waals surface area contributed by atoms with Crippen molar-refractivity contribution in [1.29, 1.82) is 0 Å². The first-order valence-corrected chi connectivity index (χ1v) is 31.4. The number of unbranched alkanes of at least 4 members (excludes halogenated alkanes) is 27. The van der Waals surface area contributed by atoms with Gasteiger partial charge >= 0.3 is 17.9 Å². The van der Waals surface area contributed by atoms with Gasteiger partial charge in [-0.05, 0) is 135 Å². The molecule has 0 rings (SSSR count). The summed E-state index contributed by atoms with van der Waals surface area (Å²) in [6, 6.07) is 0. The highest BCUT2D eigenvalue weighted by Crippen LogP contribution is 2.15. The molecule has 0 aliphatic rings. The zero-order valence-corrected chi connectivity index (χ0v) is 49.0. The Kier molecular flexibility index (Phi) is 59.3. The summed E-state index contributed by atoms with van der Waals surface area (Å²) < 4.78 is 16.9. The first kappa shape index (κ1) is 71.1. The van der Waals surface area contributed by atoms with Gasteiger partial charge in [-0.25, -0.2) is 0 Å². The summed E-state index contributed by atoms with van der Waals surface area (Å²) in [5.74, 6) is -0.940. The maximum absolute atomic E-state index is 12.9. The summed E-state index contributed by atoms with van der Waals surface area (Å²) in [4.78, 5) is 38.3. The van der Waals surface area contributed by atoms with Crippen molar-refractivity contribution in [2.75, 3.05) is 13.2 Å². The predicted molar refractivity (Wildman–Crippen MR) is 325 cm³/mol. The lowest BCUT2D eigenvalue weighted by Gasteiger charge is -2.18. The maximum Gasteiger partial charge on any atom is 0.306 e. The molecular formula is C69H116O6. The van der Waals surface area contributed by atoms with Crippen molar-refractivity contribution in [3.8, 4) is 0 Å². The lowest BCUT2D eigenvalue weighted by atomic mass is 10.1. The molecule has 0 spiro atoms. The Balaban J connectivity index is 4.49. The third kappa shape index (κ3) is 60.8. The topological polar surface area (TPSA) is 78.9 Å². The van der Waals surface area contributed by atoms with Crippen LogP contribution in [0.5, 0.6) is 0 Å². The number of hydrogen-bond donors (Lipinski definition) is 0. The highest BCUT2D eigenvalue weighted by molar-refractivity contribution is 5.71. The summed E-state index contributed by atoms with van der Waals surface area (Å²) in [6.45, 7) is 6.53. The molecule has 428 valence electrons. The number of rotatable bonds is 56. The van der Waals surface area contributed by atoms with Gasteiger partial charge in [0.05, 0.1) is 0 Å². The quantitative estimate of drug-likeness (QED) is 0.0261. The number of hydrogen-bond acceptors (Lipinski definition) is 6. The fraction of sp³-hybridized carbons (Fsp3) is 0.696. The van der Waals surface area contributed by atoms with Crippen LogP contribution < -0.4 is 0 Å². The second-order valence-electron chi connectivity index (χ2n) is 20.6. The van der Waals surface area contributed by atoms with E-state index in [-0.39, 0.29) is 31.1 Å². The number of allylic oxidation sites excluding steroid dienone is 18. The van der Waals surface area contributed by atoms with Gasteiger partial charge in [-0.15, -0.1) is 0 Å². The van der Waals surface area contributed by atoms with Gasteiger partial charge in [0, 0.05) is 19.3 Å². The van der Waals surface area contributed by atoms with Crippen LogP contribution in [-0.4, -0.2) is 37.2 Å². The van der Waals surface area contributed by atoms with Crippen molar-refractivity contribution >= 4 is 17.9 Å². The van der Waals surface area contributed by atoms with Gasteiger partial charge in [0.2, 0.25) is 0 Å². The highest BCUT2D eigenvalue weighted by Gasteiger charge is 2.19. The minimum absolute atomic E-state index is 0.0971. The number of carbonyl (C=O) groups is 3. The van der Waals surface area contributed by atoms with E-state index in [0.717, 1.165) is 116 Å². The van der Waals surface area contributed by atoms with E-state index in [2.05, 4.69) is 130 Å². The van der Waals surface area contributed by atoms with Crippen LogP contribution in [0.25, 0.3) is 0 Å². The van der Waals surface area contributed by atoms with Gasteiger partial charge in [-0.2, -0.15) is 0 Å². The van der Waals surface area contributed by atoms with Gasteiger partial charge in [-0.3, -0.25) is 14.4 Å². The molecular weight excluding hydrogens is 925 g/mol. The van der Waals surface area contributed by atoms with Crippen LogP contribution in [0.1, 0.15) is 290 Å². The molecule has 0 saturated carbocycles. The molecule has 0 heterocycles. The molecule has 75 heavy (non-hydrogen) atoms. The molecule has 0 bridgehead atoms. The Morgan fingerprint density at radius 1 is 0.267 bits per heavy atom. The molecule has 6 heteroatoms. The van der Waals surface area contributed by atoms with Crippen molar-refractivity contribution in [1.82, 2.24) is 0 Å². The largest absolute Gasteiger partial charge is 0.462 e. The molecule has 0 N–H and O–H groups in total. The van der Waals surface area contributed by atoms with Crippen molar-refractivity contribution in [3.63, 3.8) is 0 Å². The van der Waals surface area contributed by atoms with E-state index in [1.54, 1.807) is 0 Å². The number of ether oxygens (including phenoxy) is 3. The zero-order chi connectivity index (χ0) is 54.3. The van der Waals surface area contributed by atoms with Crippen LogP contribution in [0, 0.1) is 0 Å². The Bertz CT molecular complexity index is 1520. The van der Waals surface area contributed by atoms with E-state index in [4.69, 9.17) is 14.2 Å². The Morgan fingerprint density at radius 3 is 0.760 bits per heavy atom. The minimum Gasteiger partial charge on any atom is -0.462 e. The van der Waals surface area contributed by atoms with E-state index >= 15 is 0 Å². The van der Waals surface area contributed by atoms with E-state index in [1.807, 2.05) is 0 Å². The van der Waals surface area contributed by atoms with Gasteiger partial charge in [0.25, 0.3) is 0 Å². The third-order valence-electron chi connectivity index (χ3n) is 13.2. The summed E-state index contributed by atoms with van der Waals surface area (Å²) in [5, 5.41) is 0. The molecule has 0 fully saturated rings. The lowest BCUT2D eigenvalue weighted by molar-refractivity contribution is -0.167. The van der Waals surface area contributed by atoms with Crippen molar-refractivity contribution in [2.45, 2.75) is 297 Å². The second kappa shape index (κ2) is 62.6. The Morgan fingerprint density at radius 2 is 0.480 bits per heavy atom. The van der Waals surface area contributed by atoms with Crippen LogP contribution in [0.3, 0.4) is 0 Å². The molecule has 0 unspecified atom stereocenters. The third-order valence-corrected chi connectivity index (χ3v) is 13.2. The van der Waals surface area contributed by atoms with Crippen molar-refractivity contribution < 1.29 is 28.6 Å². The molecule has 0 aromatic rings. The van der Waals surface area contributed by atoms with E-state index in [9.17, 15) is 14.4 Å². The normalized spacial score (nSPS) is 12.8. The summed E-state index contributed by atoms with van der Waals surface area (Å²) in [6.07, 6.45) is 85.0. The van der Waals surface area contributed by atoms with Crippen molar-refractivity contribution in [3.05, 3.63) is 109 Å². The average molecular weight is 1040 g/mol. The number of carbonyl (C=O) groups excluding carboxylic acids is 3. The van der Waals surface area contributed by atoms with Crippen molar-refractivity contribution in [2.24, 2.45) is 0 Å². The molecule has 0 aliphatic carbocycles. The number of esters is 3. The first-order valence-electron chi connectivity index (χ1n) is 31.4. The summed E-state index contributed by atoms with van der Waals surface area (Å²) in [7, 11) is 0. The first-order chi connectivity index (χ1) is 37.0. The Labute approximate surface area is 463 Å². The van der Waals surface area contributed by atoms with E-state index in [0.29, 0.717) is 19.3 Å². The lowest BCUT2D eigenvalue weighted by Crippen LogP contribution is -2.30. The van der Waals surface area contributed by atoms with Crippen LogP contribution in [0.2, 0.25) is 0 Å². The molecule has 0 radical (unpaired) electrons. The SMILES string of the molecule is CCCCC/C=C\C/C=C\C/C=C\C/C=C\CCCCCC(=O)OC[C@@H](COC(=O)CCCCCCCCCCC/C=C\C/C=C\CCCCC)OC(=O)CCCCCCCC/C=C\C/C=C\C/C=C\CCCCC. The summed E-state index contributed by atoms with van der Waals surface area (Å²) >= 11 is 0. The predicted octanol–water partition coefficient (Wildman–Crippen LogP) is 21.4. The standard InChI is InChI=1S/C69H116O6/c1-4-7-10-13-16-19-22-25-28-31-34-37-40-43-46-49-52-55-58-61-67(70)73-64-66(75-69(72)63-60-57-54-51-48-45-42-39-36-33-30-27-24-21-18-15-12-9-6-3)65-74-68(71)62-59-56-53-50-47-44-41-38-35-32-29-26-23-20-17-14-11-8-5-2/h16-21,25-30,34,36-37,39,43,46,66H,4-15,22-24,31-33,35,38,40-42,44-45,47-65H2,1-3H3/b19-16-,20-17-,21-18-,28-25-,29-26-,30-27-,37-34-,39-36-,46-43-/t66-/m0/s1. The summed E-state index contributed by atoms with van der Waals surface area (Å²) in [5.41, 5.74) is 0. The second-order valence-corrected chi connectivity index (χ2v) is 20.6. The zero-order valence-electron chi connectivity index (χ0n) is 49.0. The highest BCUT2D eigenvalue weighted by atomic mass is 16.6. The van der Waals surface area contributed by atoms with Crippen LogP contribution in [-0.2, 0) is 28.6 Å². The molecule has 0 aromatic heterocycles. The smallest absolute Gasteiger partial charge is 0.306 e. The van der Waals surface area contributed by atoms with Gasteiger partial charge < -0.3 is 14.2 Å². The van der Waals surface area contributed by atoms with Gasteiger partial charge in [-0.1, -0.05) is 246 Å². The Hall–Kier alpha value is -3.93. The molecule has 0 amide bonds. The average Bonchev–Trinajstić information content (AvgIpc) is 3.41. The van der Waals surface area contributed by atoms with E-state index in [1.165, 1.54) is 135 Å². The maximum atomic E-state index is 12.9. The van der Waals surface area contributed by atoms with Gasteiger partial charge in [0.15, 0.2) is 6.10 Å². The molecule has 6 nitrogen and oxygen atoms in total. The monoisotopic (exact) mass is 1040 g/mol. The minimum atomic E-state index is -0.804. The van der Waals surface area contributed by atoms with Crippen LogP contribution in [0.15, 0.2) is 109 Å².